The van der Waals surface area contributed by atoms with E-state index in [1.54, 1.807) is 11.3 Å². The largest absolute Gasteiger partial charge is 0.323 e. The highest BCUT2D eigenvalue weighted by molar-refractivity contribution is 9.11. The summed E-state index contributed by atoms with van der Waals surface area (Å²) in [5.74, 6) is 0.00663. The van der Waals surface area contributed by atoms with Crippen molar-refractivity contribution >= 4 is 38.9 Å². The number of carbonyl (C=O) groups excluding carboxylic acids is 1. The fraction of sp³-hybridized carbons (Fsp3) is 0.300. The van der Waals surface area contributed by atoms with E-state index >= 15 is 0 Å². The third-order valence-electron chi connectivity index (χ3n) is 4.35. The Morgan fingerprint density at radius 2 is 2.04 bits per heavy atom. The highest BCUT2D eigenvalue weighted by Crippen LogP contribution is 2.23. The molecule has 5 nitrogen and oxygen atoms in total. The number of rotatable bonds is 7. The topological polar surface area (TPSA) is 50.2 Å². The summed E-state index contributed by atoms with van der Waals surface area (Å²) in [5.41, 5.74) is 4.80. The lowest BCUT2D eigenvalue weighted by Crippen LogP contribution is -2.24. The average Bonchev–Trinajstić information content (AvgIpc) is 3.18. The minimum atomic E-state index is 0.00663. The molecule has 142 valence electrons. The van der Waals surface area contributed by atoms with Crippen molar-refractivity contribution in [3.63, 3.8) is 0 Å². The van der Waals surface area contributed by atoms with Crippen LogP contribution in [0.5, 0.6) is 0 Å². The molecule has 3 aromatic rings. The molecule has 2 heterocycles. The van der Waals surface area contributed by atoms with Crippen molar-refractivity contribution in [3.05, 3.63) is 62.5 Å². The minimum Gasteiger partial charge on any atom is -0.323 e. The van der Waals surface area contributed by atoms with Gasteiger partial charge in [-0.15, -0.1) is 11.3 Å². The van der Waals surface area contributed by atoms with E-state index in [-0.39, 0.29) is 5.91 Å². The lowest BCUT2D eigenvalue weighted by Gasteiger charge is -2.15. The van der Waals surface area contributed by atoms with Crippen LogP contribution < -0.4 is 5.32 Å². The SMILES string of the molecule is Cc1nn(-c2ccccc2)c(C)c1NC(=O)CCN(C)Cc1csc(Br)c1. The van der Waals surface area contributed by atoms with Gasteiger partial charge in [0.1, 0.15) is 0 Å². The van der Waals surface area contributed by atoms with Gasteiger partial charge in [0.05, 0.1) is 26.5 Å². The van der Waals surface area contributed by atoms with Gasteiger partial charge in [-0.3, -0.25) is 4.79 Å². The normalized spacial score (nSPS) is 11.1. The van der Waals surface area contributed by atoms with E-state index in [9.17, 15) is 4.79 Å². The van der Waals surface area contributed by atoms with E-state index in [1.165, 1.54) is 5.56 Å². The van der Waals surface area contributed by atoms with Crippen LogP contribution in [0.15, 0.2) is 45.6 Å². The summed E-state index contributed by atoms with van der Waals surface area (Å²) in [5, 5.41) is 9.74. The van der Waals surface area contributed by atoms with Crippen LogP contribution in [-0.2, 0) is 11.3 Å². The molecule has 7 heteroatoms. The van der Waals surface area contributed by atoms with Gasteiger partial charge in [0.25, 0.3) is 0 Å². The lowest BCUT2D eigenvalue weighted by atomic mass is 10.2. The second kappa shape index (κ2) is 8.82. The van der Waals surface area contributed by atoms with Crippen LogP contribution in [0.25, 0.3) is 5.69 Å². The number of nitrogens with zero attached hydrogens (tertiary/aromatic N) is 3. The van der Waals surface area contributed by atoms with Crippen LogP contribution in [0.1, 0.15) is 23.4 Å². The van der Waals surface area contributed by atoms with E-state index in [0.717, 1.165) is 33.1 Å². The summed E-state index contributed by atoms with van der Waals surface area (Å²) in [6.07, 6.45) is 0.442. The molecule has 0 saturated heterocycles. The highest BCUT2D eigenvalue weighted by Gasteiger charge is 2.15. The monoisotopic (exact) mass is 446 g/mol. The Morgan fingerprint density at radius 3 is 2.70 bits per heavy atom. The maximum absolute atomic E-state index is 12.4. The van der Waals surface area contributed by atoms with Gasteiger partial charge in [0.15, 0.2) is 0 Å². The van der Waals surface area contributed by atoms with Crippen molar-refractivity contribution in [2.24, 2.45) is 0 Å². The van der Waals surface area contributed by atoms with Crippen molar-refractivity contribution in [1.82, 2.24) is 14.7 Å². The van der Waals surface area contributed by atoms with Gasteiger partial charge in [0.2, 0.25) is 5.91 Å². The van der Waals surface area contributed by atoms with Crippen molar-refractivity contribution in [2.75, 3.05) is 18.9 Å². The lowest BCUT2D eigenvalue weighted by molar-refractivity contribution is -0.116. The van der Waals surface area contributed by atoms with Crippen molar-refractivity contribution in [1.29, 1.82) is 0 Å². The Balaban J connectivity index is 1.58. The van der Waals surface area contributed by atoms with Gasteiger partial charge in [-0.1, -0.05) is 18.2 Å². The molecule has 0 aliphatic carbocycles. The molecule has 0 unspecified atom stereocenters. The van der Waals surface area contributed by atoms with Crippen LogP contribution in [0.3, 0.4) is 0 Å². The molecular formula is C20H23BrN4OS. The number of benzene rings is 1. The molecule has 2 aromatic heterocycles. The smallest absolute Gasteiger partial charge is 0.225 e. The van der Waals surface area contributed by atoms with Crippen LogP contribution in [-0.4, -0.2) is 34.2 Å². The second-order valence-corrected chi connectivity index (χ2v) is 8.88. The number of hydrogen-bond acceptors (Lipinski definition) is 4. The molecule has 1 aromatic carbocycles. The number of carbonyl (C=O) groups is 1. The Bertz CT molecular complexity index is 919. The molecule has 1 N–H and O–H groups in total. The first kappa shape index (κ1) is 19.8. The van der Waals surface area contributed by atoms with Gasteiger partial charge in [0, 0.05) is 19.5 Å². The number of para-hydroxylation sites is 1. The zero-order valence-corrected chi connectivity index (χ0v) is 18.1. The summed E-state index contributed by atoms with van der Waals surface area (Å²) in [6.45, 7) is 5.43. The molecule has 3 rings (SSSR count). The van der Waals surface area contributed by atoms with Gasteiger partial charge in [-0.25, -0.2) is 4.68 Å². The number of aromatic nitrogens is 2. The van der Waals surface area contributed by atoms with Crippen LogP contribution in [0.2, 0.25) is 0 Å². The number of amides is 1. The van der Waals surface area contributed by atoms with Crippen molar-refractivity contribution in [3.8, 4) is 5.69 Å². The molecule has 0 aliphatic heterocycles. The quantitative estimate of drug-likeness (QED) is 0.568. The number of hydrogen-bond donors (Lipinski definition) is 1. The summed E-state index contributed by atoms with van der Waals surface area (Å²) >= 11 is 5.16. The zero-order valence-electron chi connectivity index (χ0n) is 15.7. The third kappa shape index (κ3) is 5.06. The molecule has 27 heavy (non-hydrogen) atoms. The maximum atomic E-state index is 12.4. The first-order valence-electron chi connectivity index (χ1n) is 8.77. The van der Waals surface area contributed by atoms with E-state index in [2.05, 4.69) is 42.7 Å². The predicted molar refractivity (Wildman–Crippen MR) is 115 cm³/mol. The number of nitrogens with one attached hydrogen (secondary N) is 1. The first-order chi connectivity index (χ1) is 12.9. The molecule has 1 amide bonds. The van der Waals surface area contributed by atoms with E-state index in [4.69, 9.17) is 0 Å². The number of halogens is 1. The molecule has 0 saturated carbocycles. The maximum Gasteiger partial charge on any atom is 0.225 e. The molecule has 0 aliphatic rings. The summed E-state index contributed by atoms with van der Waals surface area (Å²) in [6, 6.07) is 12.1. The predicted octanol–water partition coefficient (Wildman–Crippen LogP) is 4.77. The van der Waals surface area contributed by atoms with E-state index in [0.29, 0.717) is 13.0 Å². The number of anilines is 1. The Labute approximate surface area is 172 Å². The Kier molecular flexibility index (Phi) is 6.46. The zero-order chi connectivity index (χ0) is 19.4. The molecule has 0 spiro atoms. The fourth-order valence-corrected chi connectivity index (χ4v) is 4.16. The van der Waals surface area contributed by atoms with Crippen LogP contribution in [0.4, 0.5) is 5.69 Å². The molecule has 0 atom stereocenters. The van der Waals surface area contributed by atoms with Gasteiger partial charge in [-0.05, 0) is 66.0 Å². The molecule has 0 radical (unpaired) electrons. The van der Waals surface area contributed by atoms with Crippen LogP contribution >= 0.6 is 27.3 Å². The van der Waals surface area contributed by atoms with E-state index in [1.807, 2.05) is 55.9 Å². The minimum absolute atomic E-state index is 0.00663. The Hall–Kier alpha value is -1.96. The van der Waals surface area contributed by atoms with Crippen LogP contribution in [0, 0.1) is 13.8 Å². The van der Waals surface area contributed by atoms with Crippen molar-refractivity contribution in [2.45, 2.75) is 26.8 Å². The number of thiophene rings is 1. The standard InChI is InChI=1S/C20H23BrN4OS/c1-14-20(15(2)25(23-14)17-7-5-4-6-8-17)22-19(26)9-10-24(3)12-16-11-18(21)27-13-16/h4-8,11,13H,9-10,12H2,1-3H3,(H,22,26). The Morgan fingerprint density at radius 1 is 1.30 bits per heavy atom. The average molecular weight is 447 g/mol. The third-order valence-corrected chi connectivity index (χ3v) is 5.90. The van der Waals surface area contributed by atoms with Gasteiger partial charge >= 0.3 is 0 Å². The van der Waals surface area contributed by atoms with Gasteiger partial charge in [-0.2, -0.15) is 5.10 Å². The molecule has 0 bridgehead atoms. The summed E-state index contributed by atoms with van der Waals surface area (Å²) in [7, 11) is 2.03. The second-order valence-electron chi connectivity index (χ2n) is 6.59. The number of aryl methyl sites for hydroxylation is 1. The molecule has 0 fully saturated rings. The van der Waals surface area contributed by atoms with E-state index < -0.39 is 0 Å². The summed E-state index contributed by atoms with van der Waals surface area (Å²) in [4.78, 5) is 14.6. The van der Waals surface area contributed by atoms with Crippen molar-refractivity contribution < 1.29 is 4.79 Å². The fourth-order valence-electron chi connectivity index (χ4n) is 2.96. The highest BCUT2D eigenvalue weighted by atomic mass is 79.9. The molecular weight excluding hydrogens is 424 g/mol. The summed E-state index contributed by atoms with van der Waals surface area (Å²) < 4.78 is 3.00. The first-order valence-corrected chi connectivity index (χ1v) is 10.4. The van der Waals surface area contributed by atoms with Gasteiger partial charge < -0.3 is 10.2 Å².